The first-order valence-corrected chi connectivity index (χ1v) is 7.38. The van der Waals surface area contributed by atoms with Gasteiger partial charge in [0.2, 0.25) is 0 Å². The van der Waals surface area contributed by atoms with E-state index < -0.39 is 20.1 Å². The van der Waals surface area contributed by atoms with Gasteiger partial charge < -0.3 is 9.84 Å². The normalized spacial score (nSPS) is 14.3. The first-order chi connectivity index (χ1) is 4.83. The number of aliphatic hydroxyl groups is 1. The van der Waals surface area contributed by atoms with E-state index in [0.717, 1.165) is 0 Å². The molecule has 66 valence electrons. The molecule has 0 aliphatic carbocycles. The SMILES string of the molecule is CC(O)C(=O)OC[Si](C)(C)C. The molecule has 0 aliphatic rings. The summed E-state index contributed by atoms with van der Waals surface area (Å²) < 4.78 is 4.84. The minimum atomic E-state index is -1.32. The van der Waals surface area contributed by atoms with Crippen molar-refractivity contribution in [2.24, 2.45) is 0 Å². The lowest BCUT2D eigenvalue weighted by molar-refractivity contribution is -0.150. The number of rotatable bonds is 3. The summed E-state index contributed by atoms with van der Waals surface area (Å²) in [5.74, 6) is -0.521. The Labute approximate surface area is 68.4 Å². The molecule has 0 heterocycles. The van der Waals surface area contributed by atoms with E-state index in [9.17, 15) is 4.79 Å². The fourth-order valence-electron chi connectivity index (χ4n) is 0.408. The van der Waals surface area contributed by atoms with Gasteiger partial charge in [0.15, 0.2) is 0 Å². The van der Waals surface area contributed by atoms with Crippen LogP contribution in [0.4, 0.5) is 0 Å². The molecule has 0 aromatic rings. The van der Waals surface area contributed by atoms with Gasteiger partial charge in [-0.25, -0.2) is 4.79 Å². The van der Waals surface area contributed by atoms with Gasteiger partial charge in [-0.15, -0.1) is 0 Å². The van der Waals surface area contributed by atoms with Crippen molar-refractivity contribution in [2.45, 2.75) is 32.7 Å². The third-order valence-corrected chi connectivity index (χ3v) is 2.00. The fraction of sp³-hybridized carbons (Fsp3) is 0.857. The Morgan fingerprint density at radius 1 is 1.55 bits per heavy atom. The van der Waals surface area contributed by atoms with Crippen molar-refractivity contribution in [1.29, 1.82) is 0 Å². The number of aliphatic hydroxyl groups excluding tert-OH is 1. The van der Waals surface area contributed by atoms with E-state index in [1.54, 1.807) is 0 Å². The van der Waals surface area contributed by atoms with Crippen molar-refractivity contribution in [1.82, 2.24) is 0 Å². The summed E-state index contributed by atoms with van der Waals surface area (Å²) in [6, 6.07) is 0. The number of hydrogen-bond donors (Lipinski definition) is 1. The van der Waals surface area contributed by atoms with E-state index >= 15 is 0 Å². The van der Waals surface area contributed by atoms with Gasteiger partial charge in [-0.05, 0) is 6.92 Å². The first kappa shape index (κ1) is 10.6. The average Bonchev–Trinajstić information content (AvgIpc) is 1.80. The number of hydrogen-bond acceptors (Lipinski definition) is 3. The zero-order valence-electron chi connectivity index (χ0n) is 7.55. The molecule has 0 aliphatic heterocycles. The summed E-state index contributed by atoms with van der Waals surface area (Å²) >= 11 is 0. The lowest BCUT2D eigenvalue weighted by Crippen LogP contribution is -2.32. The second kappa shape index (κ2) is 3.87. The first-order valence-electron chi connectivity index (χ1n) is 3.67. The van der Waals surface area contributed by atoms with Gasteiger partial charge in [-0.2, -0.15) is 0 Å². The quantitative estimate of drug-likeness (QED) is 0.511. The molecule has 0 aromatic heterocycles. The third-order valence-electron chi connectivity index (χ3n) is 0.989. The van der Waals surface area contributed by atoms with Crippen LogP contribution in [-0.4, -0.2) is 31.5 Å². The molecule has 1 atom stereocenters. The Kier molecular flexibility index (Phi) is 3.75. The average molecular weight is 176 g/mol. The molecule has 4 heteroatoms. The molecule has 3 nitrogen and oxygen atoms in total. The van der Waals surface area contributed by atoms with Crippen LogP contribution in [0.5, 0.6) is 0 Å². The molecule has 0 rings (SSSR count). The van der Waals surface area contributed by atoms with Crippen molar-refractivity contribution in [3.63, 3.8) is 0 Å². The van der Waals surface area contributed by atoms with Crippen LogP contribution < -0.4 is 0 Å². The van der Waals surface area contributed by atoms with Crippen molar-refractivity contribution < 1.29 is 14.6 Å². The largest absolute Gasteiger partial charge is 0.468 e. The fourth-order valence-corrected chi connectivity index (χ4v) is 0.984. The van der Waals surface area contributed by atoms with Crippen LogP contribution in [0.1, 0.15) is 6.92 Å². The van der Waals surface area contributed by atoms with Crippen LogP contribution >= 0.6 is 0 Å². The third kappa shape index (κ3) is 6.06. The van der Waals surface area contributed by atoms with Crippen LogP contribution in [0.3, 0.4) is 0 Å². The topological polar surface area (TPSA) is 46.5 Å². The lowest BCUT2D eigenvalue weighted by Gasteiger charge is -2.16. The zero-order chi connectivity index (χ0) is 9.07. The lowest BCUT2D eigenvalue weighted by atomic mass is 10.4. The summed E-state index contributed by atoms with van der Waals surface area (Å²) in [7, 11) is -1.32. The van der Waals surface area contributed by atoms with Gasteiger partial charge in [-0.3, -0.25) is 0 Å². The van der Waals surface area contributed by atoms with Crippen molar-refractivity contribution in [3.05, 3.63) is 0 Å². The zero-order valence-corrected chi connectivity index (χ0v) is 8.55. The van der Waals surface area contributed by atoms with Crippen LogP contribution in [0, 0.1) is 0 Å². The molecular formula is C7H16O3Si. The molecule has 0 radical (unpaired) electrons. The maximum Gasteiger partial charge on any atom is 0.334 e. The predicted octanol–water partition coefficient (Wildman–Crippen LogP) is 0.788. The number of carbonyl (C=O) groups excluding carboxylic acids is 1. The molecule has 0 bridgehead atoms. The minimum Gasteiger partial charge on any atom is -0.468 e. The van der Waals surface area contributed by atoms with Crippen LogP contribution in [0.15, 0.2) is 0 Å². The summed E-state index contributed by atoms with van der Waals surface area (Å²) in [4.78, 5) is 10.7. The highest BCUT2D eigenvalue weighted by Crippen LogP contribution is 2.01. The van der Waals surface area contributed by atoms with Gasteiger partial charge >= 0.3 is 5.97 Å². The highest BCUT2D eigenvalue weighted by molar-refractivity contribution is 6.76. The predicted molar refractivity (Wildman–Crippen MR) is 46.0 cm³/mol. The van der Waals surface area contributed by atoms with Crippen LogP contribution in [-0.2, 0) is 9.53 Å². The van der Waals surface area contributed by atoms with E-state index in [1.807, 2.05) is 0 Å². The standard InChI is InChI=1S/C7H16O3Si/c1-6(8)7(9)10-5-11(2,3)4/h6,8H,5H2,1-4H3. The Balaban J connectivity index is 3.64. The highest BCUT2D eigenvalue weighted by Gasteiger charge is 2.18. The van der Waals surface area contributed by atoms with Crippen LogP contribution in [0.25, 0.3) is 0 Å². The summed E-state index contributed by atoms with van der Waals surface area (Å²) in [5.41, 5.74) is 0. The van der Waals surface area contributed by atoms with E-state index in [2.05, 4.69) is 19.6 Å². The Morgan fingerprint density at radius 2 is 2.00 bits per heavy atom. The molecule has 11 heavy (non-hydrogen) atoms. The molecule has 0 fully saturated rings. The molecule has 0 saturated carbocycles. The maximum absolute atomic E-state index is 10.7. The van der Waals surface area contributed by atoms with Crippen molar-refractivity contribution in [3.8, 4) is 0 Å². The van der Waals surface area contributed by atoms with Gasteiger partial charge in [-0.1, -0.05) is 19.6 Å². The molecule has 1 unspecified atom stereocenters. The molecule has 0 aromatic carbocycles. The van der Waals surface area contributed by atoms with Gasteiger partial charge in [0.1, 0.15) is 6.10 Å². The summed E-state index contributed by atoms with van der Waals surface area (Å²) in [6.45, 7) is 7.71. The number of esters is 1. The molecule has 0 saturated heterocycles. The van der Waals surface area contributed by atoms with E-state index in [-0.39, 0.29) is 0 Å². The molecule has 0 spiro atoms. The Bertz CT molecular complexity index is 137. The minimum absolute atomic E-state index is 0.483. The van der Waals surface area contributed by atoms with Gasteiger partial charge in [0.25, 0.3) is 0 Å². The second-order valence-corrected chi connectivity index (χ2v) is 9.25. The van der Waals surface area contributed by atoms with E-state index in [1.165, 1.54) is 6.92 Å². The summed E-state index contributed by atoms with van der Waals surface area (Å²) in [5, 5.41) is 8.76. The molecular weight excluding hydrogens is 160 g/mol. The van der Waals surface area contributed by atoms with Crippen molar-refractivity contribution in [2.75, 3.05) is 6.23 Å². The van der Waals surface area contributed by atoms with Crippen molar-refractivity contribution >= 4 is 14.0 Å². The second-order valence-electron chi connectivity index (χ2n) is 3.84. The van der Waals surface area contributed by atoms with Gasteiger partial charge in [0.05, 0.1) is 14.3 Å². The monoisotopic (exact) mass is 176 g/mol. The number of ether oxygens (including phenoxy) is 1. The van der Waals surface area contributed by atoms with E-state index in [0.29, 0.717) is 6.23 Å². The Hall–Kier alpha value is -0.353. The van der Waals surface area contributed by atoms with E-state index in [4.69, 9.17) is 9.84 Å². The number of carbonyl (C=O) groups is 1. The van der Waals surface area contributed by atoms with Crippen LogP contribution in [0.2, 0.25) is 19.6 Å². The molecule has 1 N–H and O–H groups in total. The highest BCUT2D eigenvalue weighted by atomic mass is 28.3. The Morgan fingerprint density at radius 3 is 2.27 bits per heavy atom. The summed E-state index contributed by atoms with van der Waals surface area (Å²) in [6.07, 6.45) is -0.511. The van der Waals surface area contributed by atoms with Gasteiger partial charge in [0, 0.05) is 0 Å². The smallest absolute Gasteiger partial charge is 0.334 e. The maximum atomic E-state index is 10.7. The molecule has 0 amide bonds.